The number of carbonyl (C=O) groups is 1. The van der Waals surface area contributed by atoms with Gasteiger partial charge in [0.2, 0.25) is 5.91 Å². The number of hydrogen-bond acceptors (Lipinski definition) is 3. The fraction of sp³-hybridized carbons (Fsp3) is 0.923. The molecule has 0 radical (unpaired) electrons. The van der Waals surface area contributed by atoms with Crippen LogP contribution in [0.5, 0.6) is 0 Å². The van der Waals surface area contributed by atoms with Crippen molar-refractivity contribution in [2.75, 3.05) is 46.8 Å². The van der Waals surface area contributed by atoms with Crippen LogP contribution in [-0.2, 0) is 4.79 Å². The van der Waals surface area contributed by atoms with E-state index in [9.17, 15) is 4.79 Å². The molecule has 1 amide bonds. The molecular formula is C13H25N3O. The normalized spacial score (nSPS) is 30.5. The smallest absolute Gasteiger partial charge is 0.226 e. The predicted molar refractivity (Wildman–Crippen MR) is 68.8 cm³/mol. The lowest BCUT2D eigenvalue weighted by Crippen LogP contribution is -2.43. The number of rotatable bonds is 3. The number of nitrogens with zero attached hydrogens (tertiary/aromatic N) is 2. The molecule has 2 saturated heterocycles. The van der Waals surface area contributed by atoms with E-state index in [1.165, 1.54) is 13.0 Å². The molecule has 2 aliphatic heterocycles. The Morgan fingerprint density at radius 2 is 2.29 bits per heavy atom. The summed E-state index contributed by atoms with van der Waals surface area (Å²) >= 11 is 0. The van der Waals surface area contributed by atoms with Gasteiger partial charge in [-0.2, -0.15) is 0 Å². The number of piperidine rings is 1. The third kappa shape index (κ3) is 3.42. The number of carbonyl (C=O) groups excluding carboxylic acids is 1. The average molecular weight is 239 g/mol. The Bertz CT molecular complexity index is 263. The third-order valence-electron chi connectivity index (χ3n) is 4.04. The van der Waals surface area contributed by atoms with Crippen LogP contribution in [0.1, 0.15) is 19.3 Å². The van der Waals surface area contributed by atoms with Crippen LogP contribution in [-0.4, -0.2) is 62.5 Å². The minimum atomic E-state index is 0.216. The second-order valence-electron chi connectivity index (χ2n) is 5.68. The molecule has 0 bridgehead atoms. The highest BCUT2D eigenvalue weighted by Crippen LogP contribution is 2.18. The first kappa shape index (κ1) is 12.8. The lowest BCUT2D eigenvalue weighted by molar-refractivity contribution is -0.135. The maximum absolute atomic E-state index is 12.2. The van der Waals surface area contributed by atoms with Crippen molar-refractivity contribution in [3.63, 3.8) is 0 Å². The van der Waals surface area contributed by atoms with Crippen LogP contribution in [0.4, 0.5) is 0 Å². The molecule has 2 rings (SSSR count). The summed E-state index contributed by atoms with van der Waals surface area (Å²) in [7, 11) is 4.13. The van der Waals surface area contributed by atoms with Gasteiger partial charge in [0.15, 0.2) is 0 Å². The molecule has 17 heavy (non-hydrogen) atoms. The SMILES string of the molecule is CN1CCC(CN(C)C(=O)[C@H]2CCCNC2)C1. The van der Waals surface area contributed by atoms with E-state index in [0.29, 0.717) is 11.8 Å². The summed E-state index contributed by atoms with van der Waals surface area (Å²) in [5.41, 5.74) is 0. The molecule has 0 aliphatic carbocycles. The molecule has 2 heterocycles. The summed E-state index contributed by atoms with van der Waals surface area (Å²) in [5.74, 6) is 1.23. The van der Waals surface area contributed by atoms with Crippen LogP contribution in [0.3, 0.4) is 0 Å². The zero-order chi connectivity index (χ0) is 12.3. The molecule has 0 aromatic heterocycles. The van der Waals surface area contributed by atoms with Crippen molar-refractivity contribution in [1.82, 2.24) is 15.1 Å². The van der Waals surface area contributed by atoms with Gasteiger partial charge in [0, 0.05) is 26.7 Å². The van der Waals surface area contributed by atoms with E-state index in [4.69, 9.17) is 0 Å². The largest absolute Gasteiger partial charge is 0.345 e. The van der Waals surface area contributed by atoms with Crippen molar-refractivity contribution in [1.29, 1.82) is 0 Å². The lowest BCUT2D eigenvalue weighted by Gasteiger charge is -2.28. The van der Waals surface area contributed by atoms with Gasteiger partial charge in [-0.05, 0) is 45.3 Å². The molecule has 4 nitrogen and oxygen atoms in total. The van der Waals surface area contributed by atoms with Crippen molar-refractivity contribution < 1.29 is 4.79 Å². The van der Waals surface area contributed by atoms with Crippen molar-refractivity contribution in [3.05, 3.63) is 0 Å². The van der Waals surface area contributed by atoms with Gasteiger partial charge in [0.25, 0.3) is 0 Å². The Labute approximate surface area is 104 Å². The molecule has 0 aromatic rings. The number of likely N-dealkylation sites (tertiary alicyclic amines) is 1. The van der Waals surface area contributed by atoms with Gasteiger partial charge in [-0.3, -0.25) is 4.79 Å². The van der Waals surface area contributed by atoms with Crippen LogP contribution < -0.4 is 5.32 Å². The van der Waals surface area contributed by atoms with E-state index in [0.717, 1.165) is 39.0 Å². The first-order valence-corrected chi connectivity index (χ1v) is 6.81. The highest BCUT2D eigenvalue weighted by atomic mass is 16.2. The van der Waals surface area contributed by atoms with E-state index >= 15 is 0 Å². The van der Waals surface area contributed by atoms with Gasteiger partial charge >= 0.3 is 0 Å². The van der Waals surface area contributed by atoms with E-state index in [1.54, 1.807) is 0 Å². The number of nitrogens with one attached hydrogen (secondary N) is 1. The summed E-state index contributed by atoms with van der Waals surface area (Å²) in [6.07, 6.45) is 3.42. The van der Waals surface area contributed by atoms with E-state index in [1.807, 2.05) is 11.9 Å². The summed E-state index contributed by atoms with van der Waals surface area (Å²) in [6, 6.07) is 0. The van der Waals surface area contributed by atoms with Gasteiger partial charge in [0.1, 0.15) is 0 Å². The van der Waals surface area contributed by atoms with Gasteiger partial charge in [-0.25, -0.2) is 0 Å². The Kier molecular flexibility index (Phi) is 4.40. The molecule has 0 spiro atoms. The van der Waals surface area contributed by atoms with Crippen LogP contribution in [0, 0.1) is 11.8 Å². The Morgan fingerprint density at radius 3 is 2.88 bits per heavy atom. The number of amides is 1. The summed E-state index contributed by atoms with van der Waals surface area (Å²) < 4.78 is 0. The van der Waals surface area contributed by atoms with E-state index < -0.39 is 0 Å². The summed E-state index contributed by atoms with van der Waals surface area (Å²) in [6.45, 7) is 5.19. The zero-order valence-electron chi connectivity index (χ0n) is 11.1. The Morgan fingerprint density at radius 1 is 1.47 bits per heavy atom. The molecule has 2 fully saturated rings. The second-order valence-corrected chi connectivity index (χ2v) is 5.68. The van der Waals surface area contributed by atoms with E-state index in [-0.39, 0.29) is 5.92 Å². The zero-order valence-corrected chi connectivity index (χ0v) is 11.1. The lowest BCUT2D eigenvalue weighted by atomic mass is 9.97. The third-order valence-corrected chi connectivity index (χ3v) is 4.04. The van der Waals surface area contributed by atoms with E-state index in [2.05, 4.69) is 17.3 Å². The highest BCUT2D eigenvalue weighted by Gasteiger charge is 2.27. The maximum atomic E-state index is 12.2. The first-order valence-electron chi connectivity index (χ1n) is 6.81. The van der Waals surface area contributed by atoms with Gasteiger partial charge in [0.05, 0.1) is 5.92 Å². The topological polar surface area (TPSA) is 35.6 Å². The summed E-state index contributed by atoms with van der Waals surface area (Å²) in [4.78, 5) is 16.6. The highest BCUT2D eigenvalue weighted by molar-refractivity contribution is 5.78. The fourth-order valence-electron chi connectivity index (χ4n) is 3.03. The Balaban J connectivity index is 1.78. The standard InChI is InChI=1S/C13H25N3O/c1-15-7-5-11(9-15)10-16(2)13(17)12-4-3-6-14-8-12/h11-12,14H,3-10H2,1-2H3/t11?,12-/m0/s1. The predicted octanol–water partition coefficient (Wildman–Crippen LogP) is 0.396. The second kappa shape index (κ2) is 5.83. The quantitative estimate of drug-likeness (QED) is 0.774. The molecule has 98 valence electrons. The minimum Gasteiger partial charge on any atom is -0.345 e. The number of hydrogen-bond donors (Lipinski definition) is 1. The monoisotopic (exact) mass is 239 g/mol. The molecule has 1 N–H and O–H groups in total. The fourth-order valence-corrected chi connectivity index (χ4v) is 3.03. The van der Waals surface area contributed by atoms with Crippen molar-refractivity contribution in [2.24, 2.45) is 11.8 Å². The van der Waals surface area contributed by atoms with Gasteiger partial charge in [-0.1, -0.05) is 0 Å². The van der Waals surface area contributed by atoms with Crippen molar-refractivity contribution >= 4 is 5.91 Å². The van der Waals surface area contributed by atoms with Gasteiger partial charge < -0.3 is 15.1 Å². The van der Waals surface area contributed by atoms with Gasteiger partial charge in [-0.15, -0.1) is 0 Å². The van der Waals surface area contributed by atoms with Crippen LogP contribution in [0.25, 0.3) is 0 Å². The van der Waals surface area contributed by atoms with Crippen LogP contribution >= 0.6 is 0 Å². The Hall–Kier alpha value is -0.610. The first-order chi connectivity index (χ1) is 8.16. The average Bonchev–Trinajstić information content (AvgIpc) is 2.75. The molecule has 2 aliphatic rings. The molecular weight excluding hydrogens is 214 g/mol. The minimum absolute atomic E-state index is 0.216. The van der Waals surface area contributed by atoms with Crippen LogP contribution in [0.15, 0.2) is 0 Å². The molecule has 4 heteroatoms. The molecule has 1 unspecified atom stereocenters. The van der Waals surface area contributed by atoms with Crippen molar-refractivity contribution in [2.45, 2.75) is 19.3 Å². The maximum Gasteiger partial charge on any atom is 0.226 e. The molecule has 0 saturated carbocycles. The molecule has 2 atom stereocenters. The van der Waals surface area contributed by atoms with Crippen LogP contribution in [0.2, 0.25) is 0 Å². The van der Waals surface area contributed by atoms with Crippen molar-refractivity contribution in [3.8, 4) is 0 Å². The molecule has 0 aromatic carbocycles. The summed E-state index contributed by atoms with van der Waals surface area (Å²) in [5, 5.41) is 3.32.